The molecular formula is C20H25FN6O5. The van der Waals surface area contributed by atoms with E-state index in [1.54, 1.807) is 24.0 Å². The van der Waals surface area contributed by atoms with Gasteiger partial charge in [0, 0.05) is 45.0 Å². The molecule has 3 heterocycles. The maximum atomic E-state index is 13.3. The predicted octanol–water partition coefficient (Wildman–Crippen LogP) is -0.595. The van der Waals surface area contributed by atoms with Crippen molar-refractivity contribution in [1.29, 1.82) is 0 Å². The van der Waals surface area contributed by atoms with E-state index in [9.17, 15) is 23.6 Å². The van der Waals surface area contributed by atoms with Crippen molar-refractivity contribution in [2.75, 3.05) is 57.3 Å². The van der Waals surface area contributed by atoms with E-state index in [4.69, 9.17) is 4.74 Å². The summed E-state index contributed by atoms with van der Waals surface area (Å²) < 4.78 is 18.3. The van der Waals surface area contributed by atoms with Crippen LogP contribution in [0.5, 0.6) is 0 Å². The zero-order valence-electron chi connectivity index (χ0n) is 17.7. The van der Waals surface area contributed by atoms with Crippen molar-refractivity contribution in [3.05, 3.63) is 30.1 Å². The van der Waals surface area contributed by atoms with E-state index in [2.05, 4.69) is 5.43 Å². The van der Waals surface area contributed by atoms with Crippen molar-refractivity contribution in [3.63, 3.8) is 0 Å². The van der Waals surface area contributed by atoms with Crippen LogP contribution in [0.25, 0.3) is 0 Å². The van der Waals surface area contributed by atoms with Crippen molar-refractivity contribution in [1.82, 2.24) is 25.1 Å². The number of halogens is 1. The van der Waals surface area contributed by atoms with E-state index in [1.807, 2.05) is 4.90 Å². The predicted molar refractivity (Wildman–Crippen MR) is 109 cm³/mol. The highest BCUT2D eigenvalue weighted by Gasteiger charge is 2.46. The van der Waals surface area contributed by atoms with Gasteiger partial charge in [-0.1, -0.05) is 0 Å². The van der Waals surface area contributed by atoms with E-state index in [0.29, 0.717) is 45.0 Å². The molecule has 1 aromatic rings. The lowest BCUT2D eigenvalue weighted by Crippen LogP contribution is -2.69. The number of ether oxygens (including phenoxy) is 1. The van der Waals surface area contributed by atoms with Crippen LogP contribution in [0, 0.1) is 5.82 Å². The molecule has 1 aromatic carbocycles. The minimum Gasteiger partial charge on any atom is -0.450 e. The second-order valence-electron chi connectivity index (χ2n) is 7.63. The number of fused-ring (bicyclic) bond motifs is 1. The minimum atomic E-state index is -0.805. The van der Waals surface area contributed by atoms with E-state index in [0.717, 1.165) is 5.01 Å². The molecule has 0 aliphatic carbocycles. The number of nitrogens with zero attached hydrogens (tertiary/aromatic N) is 5. The summed E-state index contributed by atoms with van der Waals surface area (Å²) in [6, 6.07) is 5.84. The maximum Gasteiger partial charge on any atom is 0.409 e. The largest absolute Gasteiger partial charge is 0.450 e. The van der Waals surface area contributed by atoms with Crippen LogP contribution in [0.1, 0.15) is 6.92 Å². The topological polar surface area (TPSA) is 106 Å². The third-order valence-corrected chi connectivity index (χ3v) is 5.74. The molecule has 4 rings (SSSR count). The lowest BCUT2D eigenvalue weighted by Gasteiger charge is -2.41. The Kier molecular flexibility index (Phi) is 6.12. The molecule has 1 atom stereocenters. The number of hydrogen-bond acceptors (Lipinski definition) is 7. The van der Waals surface area contributed by atoms with Gasteiger partial charge in [0.05, 0.1) is 6.61 Å². The molecule has 0 aromatic heterocycles. The SMILES string of the molecule is CCOC(=O)N1CCN(C(=O)CN2NC3N(CCN3c3ccc(F)cc3)C(=O)C2=O)CC1. The monoisotopic (exact) mass is 448 g/mol. The molecule has 0 saturated carbocycles. The first-order valence-corrected chi connectivity index (χ1v) is 10.5. The van der Waals surface area contributed by atoms with Crippen LogP contribution < -0.4 is 10.3 Å². The maximum absolute atomic E-state index is 13.3. The Labute approximate surface area is 184 Å². The molecule has 32 heavy (non-hydrogen) atoms. The molecule has 0 radical (unpaired) electrons. The lowest BCUT2D eigenvalue weighted by atomic mass is 10.3. The average Bonchev–Trinajstić information content (AvgIpc) is 3.22. The molecule has 0 spiro atoms. The van der Waals surface area contributed by atoms with Gasteiger partial charge in [0.2, 0.25) is 5.91 Å². The second-order valence-corrected chi connectivity index (χ2v) is 7.63. The molecule has 11 nitrogen and oxygen atoms in total. The molecule has 1 unspecified atom stereocenters. The summed E-state index contributed by atoms with van der Waals surface area (Å²) in [5, 5.41) is 1.03. The number of hydrogen-bond donors (Lipinski definition) is 1. The van der Waals surface area contributed by atoms with Gasteiger partial charge in [0.1, 0.15) is 12.4 Å². The van der Waals surface area contributed by atoms with Gasteiger partial charge in [-0.3, -0.25) is 24.3 Å². The smallest absolute Gasteiger partial charge is 0.409 e. The molecule has 3 fully saturated rings. The summed E-state index contributed by atoms with van der Waals surface area (Å²) in [7, 11) is 0. The van der Waals surface area contributed by atoms with Crippen LogP contribution in [0.3, 0.4) is 0 Å². The van der Waals surface area contributed by atoms with E-state index in [-0.39, 0.29) is 24.9 Å². The normalized spacial score (nSPS) is 21.2. The van der Waals surface area contributed by atoms with Crippen molar-refractivity contribution in [2.24, 2.45) is 0 Å². The first-order valence-electron chi connectivity index (χ1n) is 10.5. The fourth-order valence-corrected chi connectivity index (χ4v) is 4.03. The van der Waals surface area contributed by atoms with Crippen LogP contribution >= 0.6 is 0 Å². The van der Waals surface area contributed by atoms with Gasteiger partial charge in [-0.15, -0.1) is 0 Å². The quantitative estimate of drug-likeness (QED) is 0.614. The third kappa shape index (κ3) is 4.17. The summed E-state index contributed by atoms with van der Waals surface area (Å²) in [6.45, 7) is 3.77. The number of hydrazine groups is 1. The van der Waals surface area contributed by atoms with Gasteiger partial charge in [-0.25, -0.2) is 9.18 Å². The first kappa shape index (κ1) is 21.8. The van der Waals surface area contributed by atoms with Gasteiger partial charge in [-0.2, -0.15) is 5.43 Å². The standard InChI is InChI=1S/C20H25FN6O5/c1-2-32-20(31)24-9-7-23(8-10-24)16(28)13-27-18(30)17(29)26-12-11-25(19(26)22-27)15-5-3-14(21)4-6-15/h3-6,19,22H,2,7-13H2,1H3. The number of benzene rings is 1. The summed E-state index contributed by atoms with van der Waals surface area (Å²) >= 11 is 0. The highest BCUT2D eigenvalue weighted by atomic mass is 19.1. The van der Waals surface area contributed by atoms with Crippen molar-refractivity contribution >= 4 is 29.5 Å². The number of amides is 4. The Morgan fingerprint density at radius 1 is 0.969 bits per heavy atom. The highest BCUT2D eigenvalue weighted by molar-refractivity contribution is 6.35. The number of anilines is 1. The van der Waals surface area contributed by atoms with Gasteiger partial charge in [0.15, 0.2) is 6.29 Å². The van der Waals surface area contributed by atoms with Crippen LogP contribution in [-0.2, 0) is 19.1 Å². The number of piperazine rings is 1. The van der Waals surface area contributed by atoms with Crippen LogP contribution in [0.4, 0.5) is 14.9 Å². The van der Waals surface area contributed by atoms with Gasteiger partial charge in [-0.05, 0) is 31.2 Å². The van der Waals surface area contributed by atoms with Crippen molar-refractivity contribution in [2.45, 2.75) is 13.2 Å². The van der Waals surface area contributed by atoms with Crippen molar-refractivity contribution < 1.29 is 28.3 Å². The highest BCUT2D eigenvalue weighted by Crippen LogP contribution is 2.25. The van der Waals surface area contributed by atoms with E-state index >= 15 is 0 Å². The molecule has 3 saturated heterocycles. The van der Waals surface area contributed by atoms with Gasteiger partial charge in [0.25, 0.3) is 0 Å². The van der Waals surface area contributed by atoms with Crippen LogP contribution in [0.2, 0.25) is 0 Å². The fraction of sp³-hybridized carbons (Fsp3) is 0.500. The fourth-order valence-electron chi connectivity index (χ4n) is 4.03. The summed E-state index contributed by atoms with van der Waals surface area (Å²) in [5.41, 5.74) is 3.65. The summed E-state index contributed by atoms with van der Waals surface area (Å²) in [4.78, 5) is 56.1. The van der Waals surface area contributed by atoms with Gasteiger partial charge >= 0.3 is 17.9 Å². The molecule has 3 aliphatic rings. The second kappa shape index (κ2) is 8.99. The number of nitrogens with one attached hydrogen (secondary N) is 1. The molecule has 3 aliphatic heterocycles. The molecule has 12 heteroatoms. The summed E-state index contributed by atoms with van der Waals surface area (Å²) in [5.74, 6) is -2.20. The summed E-state index contributed by atoms with van der Waals surface area (Å²) in [6.07, 6.45) is -1.07. The Morgan fingerprint density at radius 2 is 1.59 bits per heavy atom. The Hall–Kier alpha value is -3.41. The molecule has 4 amide bonds. The van der Waals surface area contributed by atoms with Crippen LogP contribution in [0.15, 0.2) is 24.3 Å². The molecule has 172 valence electrons. The zero-order chi connectivity index (χ0) is 22.8. The lowest BCUT2D eigenvalue weighted by molar-refractivity contribution is -0.164. The molecular weight excluding hydrogens is 423 g/mol. The minimum absolute atomic E-state index is 0.280. The third-order valence-electron chi connectivity index (χ3n) is 5.74. The van der Waals surface area contributed by atoms with Crippen LogP contribution in [-0.4, -0.2) is 102 Å². The van der Waals surface area contributed by atoms with E-state index in [1.165, 1.54) is 21.9 Å². The zero-order valence-corrected chi connectivity index (χ0v) is 17.7. The van der Waals surface area contributed by atoms with Gasteiger partial charge < -0.3 is 19.4 Å². The Balaban J connectivity index is 1.39. The average molecular weight is 448 g/mol. The number of rotatable bonds is 4. The number of carbonyl (C=O) groups excluding carboxylic acids is 4. The number of carbonyl (C=O) groups is 4. The Bertz CT molecular complexity index is 904. The van der Waals surface area contributed by atoms with E-state index < -0.39 is 24.2 Å². The Morgan fingerprint density at radius 3 is 2.25 bits per heavy atom. The molecule has 0 bridgehead atoms. The first-order chi connectivity index (χ1) is 15.4. The van der Waals surface area contributed by atoms with Crippen molar-refractivity contribution in [3.8, 4) is 0 Å². The molecule has 1 N–H and O–H groups in total.